The van der Waals surface area contributed by atoms with Crippen LogP contribution >= 0.6 is 0 Å². The Balaban J connectivity index is 2.35. The van der Waals surface area contributed by atoms with Crippen LogP contribution in [0.25, 0.3) is 6.08 Å². The van der Waals surface area contributed by atoms with Gasteiger partial charge in [0.2, 0.25) is 5.91 Å². The van der Waals surface area contributed by atoms with Gasteiger partial charge in [-0.2, -0.15) is 0 Å². The van der Waals surface area contributed by atoms with E-state index in [2.05, 4.69) is 5.32 Å². The van der Waals surface area contributed by atoms with Gasteiger partial charge in [0.25, 0.3) is 0 Å². The van der Waals surface area contributed by atoms with E-state index < -0.39 is 0 Å². The number of ether oxygens (including phenoxy) is 1. The molecule has 0 spiro atoms. The van der Waals surface area contributed by atoms with Crippen molar-refractivity contribution in [2.24, 2.45) is 0 Å². The molecule has 0 aliphatic carbocycles. The number of amides is 1. The molecule has 1 aromatic carbocycles. The van der Waals surface area contributed by atoms with Gasteiger partial charge >= 0.3 is 0 Å². The van der Waals surface area contributed by atoms with E-state index in [1.807, 2.05) is 0 Å². The zero-order valence-electron chi connectivity index (χ0n) is 9.78. The Labute approximate surface area is 100 Å². The number of halogens is 1. The number of hydrogen-bond acceptors (Lipinski definition) is 2. The van der Waals surface area contributed by atoms with Crippen molar-refractivity contribution < 1.29 is 13.9 Å². The predicted molar refractivity (Wildman–Crippen MR) is 64.9 cm³/mol. The molecule has 0 aliphatic rings. The zero-order valence-corrected chi connectivity index (χ0v) is 9.78. The van der Waals surface area contributed by atoms with Crippen molar-refractivity contribution in [3.63, 3.8) is 0 Å². The number of benzene rings is 1. The molecule has 1 aromatic rings. The van der Waals surface area contributed by atoms with Gasteiger partial charge in [-0.05, 0) is 30.2 Å². The molecule has 1 rings (SSSR count). The van der Waals surface area contributed by atoms with Gasteiger partial charge in [-0.1, -0.05) is 12.1 Å². The first-order chi connectivity index (χ1) is 8.22. The fraction of sp³-hybridized carbons (Fsp3) is 0.308. The smallest absolute Gasteiger partial charge is 0.244 e. The van der Waals surface area contributed by atoms with E-state index in [0.717, 1.165) is 6.42 Å². The van der Waals surface area contributed by atoms with Gasteiger partial charge in [0.1, 0.15) is 5.82 Å². The van der Waals surface area contributed by atoms with Crippen LogP contribution in [-0.4, -0.2) is 26.2 Å². The molecule has 4 heteroatoms. The first kappa shape index (κ1) is 13.4. The highest BCUT2D eigenvalue weighted by Crippen LogP contribution is 2.04. The lowest BCUT2D eigenvalue weighted by atomic mass is 10.2. The highest BCUT2D eigenvalue weighted by molar-refractivity contribution is 5.91. The highest BCUT2D eigenvalue weighted by Gasteiger charge is 1.95. The zero-order chi connectivity index (χ0) is 12.5. The lowest BCUT2D eigenvalue weighted by molar-refractivity contribution is -0.116. The topological polar surface area (TPSA) is 38.3 Å². The average molecular weight is 237 g/mol. The third-order valence-corrected chi connectivity index (χ3v) is 2.10. The summed E-state index contributed by atoms with van der Waals surface area (Å²) in [5.74, 6) is -0.502. The maximum absolute atomic E-state index is 12.8. The minimum absolute atomic E-state index is 0.189. The van der Waals surface area contributed by atoms with Crippen molar-refractivity contribution in [2.75, 3.05) is 20.3 Å². The summed E-state index contributed by atoms with van der Waals surface area (Å²) in [6, 6.07) is 6.07. The van der Waals surface area contributed by atoms with Gasteiger partial charge in [0.15, 0.2) is 0 Å². The Hall–Kier alpha value is -1.68. The van der Waals surface area contributed by atoms with Crippen LogP contribution in [0.4, 0.5) is 4.39 Å². The van der Waals surface area contributed by atoms with Crippen LogP contribution in [0.5, 0.6) is 0 Å². The Bertz CT molecular complexity index is 391. The molecular formula is C13H16FNO2. The summed E-state index contributed by atoms with van der Waals surface area (Å²) in [4.78, 5) is 11.3. The molecule has 0 unspecified atom stereocenters. The van der Waals surface area contributed by atoms with Crippen molar-refractivity contribution in [1.82, 2.24) is 5.32 Å². The summed E-state index contributed by atoms with van der Waals surface area (Å²) in [5.41, 5.74) is 0.664. The Morgan fingerprint density at radius 1 is 1.53 bits per heavy atom. The van der Waals surface area contributed by atoms with Crippen LogP contribution in [0, 0.1) is 5.82 Å². The minimum Gasteiger partial charge on any atom is -0.385 e. The standard InChI is InChI=1S/C13H16FNO2/c1-17-9-3-8-15-13(16)7-6-11-4-2-5-12(14)10-11/h2,4-7,10H,3,8-9H2,1H3,(H,15,16)/b7-6+. The summed E-state index contributed by atoms with van der Waals surface area (Å²) in [6.45, 7) is 1.19. The molecule has 92 valence electrons. The molecular weight excluding hydrogens is 221 g/mol. The molecule has 0 atom stereocenters. The van der Waals surface area contributed by atoms with Gasteiger partial charge in [-0.15, -0.1) is 0 Å². The quantitative estimate of drug-likeness (QED) is 0.607. The molecule has 3 nitrogen and oxygen atoms in total. The second-order valence-electron chi connectivity index (χ2n) is 3.53. The van der Waals surface area contributed by atoms with Crippen molar-refractivity contribution in [3.05, 3.63) is 41.7 Å². The van der Waals surface area contributed by atoms with Gasteiger partial charge in [-0.25, -0.2) is 4.39 Å². The van der Waals surface area contributed by atoms with Crippen LogP contribution in [-0.2, 0) is 9.53 Å². The lowest BCUT2D eigenvalue weighted by Crippen LogP contribution is -2.22. The number of carbonyl (C=O) groups excluding carboxylic acids is 1. The second kappa shape index (κ2) is 7.57. The second-order valence-corrected chi connectivity index (χ2v) is 3.53. The van der Waals surface area contributed by atoms with E-state index in [1.54, 1.807) is 25.3 Å². The normalized spacial score (nSPS) is 10.7. The van der Waals surface area contributed by atoms with Crippen molar-refractivity contribution in [2.45, 2.75) is 6.42 Å². The summed E-state index contributed by atoms with van der Waals surface area (Å²) in [6.07, 6.45) is 3.74. The van der Waals surface area contributed by atoms with Crippen molar-refractivity contribution in [1.29, 1.82) is 0 Å². The highest BCUT2D eigenvalue weighted by atomic mass is 19.1. The predicted octanol–water partition coefficient (Wildman–Crippen LogP) is 1.99. The molecule has 1 amide bonds. The van der Waals surface area contributed by atoms with Gasteiger partial charge in [0, 0.05) is 26.3 Å². The summed E-state index contributed by atoms with van der Waals surface area (Å²) < 4.78 is 17.7. The average Bonchev–Trinajstić information content (AvgIpc) is 2.32. The monoisotopic (exact) mass is 237 g/mol. The van der Waals surface area contributed by atoms with E-state index in [4.69, 9.17) is 4.74 Å². The number of carbonyl (C=O) groups is 1. The first-order valence-electron chi connectivity index (χ1n) is 5.43. The third-order valence-electron chi connectivity index (χ3n) is 2.10. The molecule has 0 saturated carbocycles. The molecule has 0 bridgehead atoms. The maximum Gasteiger partial charge on any atom is 0.244 e. The fourth-order valence-electron chi connectivity index (χ4n) is 1.27. The van der Waals surface area contributed by atoms with Crippen molar-refractivity contribution in [3.8, 4) is 0 Å². The van der Waals surface area contributed by atoms with E-state index in [9.17, 15) is 9.18 Å². The first-order valence-corrected chi connectivity index (χ1v) is 5.43. The van der Waals surface area contributed by atoms with E-state index in [0.29, 0.717) is 18.7 Å². The van der Waals surface area contributed by atoms with Gasteiger partial charge in [-0.3, -0.25) is 4.79 Å². The lowest BCUT2D eigenvalue weighted by Gasteiger charge is -2.00. The van der Waals surface area contributed by atoms with Crippen molar-refractivity contribution >= 4 is 12.0 Å². The van der Waals surface area contributed by atoms with Crippen LogP contribution < -0.4 is 5.32 Å². The molecule has 17 heavy (non-hydrogen) atoms. The number of nitrogens with one attached hydrogen (secondary N) is 1. The number of rotatable bonds is 6. The molecule has 0 saturated heterocycles. The summed E-state index contributed by atoms with van der Waals surface area (Å²) >= 11 is 0. The van der Waals surface area contributed by atoms with E-state index in [1.165, 1.54) is 18.2 Å². The molecule has 0 fully saturated rings. The Morgan fingerprint density at radius 3 is 3.06 bits per heavy atom. The van der Waals surface area contributed by atoms with Gasteiger partial charge in [0.05, 0.1) is 0 Å². The number of hydrogen-bond donors (Lipinski definition) is 1. The van der Waals surface area contributed by atoms with Gasteiger partial charge < -0.3 is 10.1 Å². The molecule has 0 aliphatic heterocycles. The van der Waals surface area contributed by atoms with Crippen LogP contribution in [0.15, 0.2) is 30.3 Å². The maximum atomic E-state index is 12.8. The third kappa shape index (κ3) is 5.82. The molecule has 1 N–H and O–H groups in total. The SMILES string of the molecule is COCCCNC(=O)/C=C/c1cccc(F)c1. The van der Waals surface area contributed by atoms with Crippen LogP contribution in [0.3, 0.4) is 0 Å². The molecule has 0 radical (unpaired) electrons. The summed E-state index contributed by atoms with van der Waals surface area (Å²) in [5, 5.41) is 2.70. The molecule has 0 heterocycles. The van der Waals surface area contributed by atoms with Crippen LogP contribution in [0.1, 0.15) is 12.0 Å². The largest absolute Gasteiger partial charge is 0.385 e. The van der Waals surface area contributed by atoms with Crippen LogP contribution in [0.2, 0.25) is 0 Å². The Morgan fingerprint density at radius 2 is 2.35 bits per heavy atom. The fourth-order valence-corrected chi connectivity index (χ4v) is 1.27. The number of methoxy groups -OCH3 is 1. The van der Waals surface area contributed by atoms with E-state index in [-0.39, 0.29) is 11.7 Å². The Kier molecular flexibility index (Phi) is 5.96. The summed E-state index contributed by atoms with van der Waals surface area (Å²) in [7, 11) is 1.62. The molecule has 0 aromatic heterocycles. The minimum atomic E-state index is -0.312. The van der Waals surface area contributed by atoms with E-state index >= 15 is 0 Å².